The van der Waals surface area contributed by atoms with E-state index >= 15 is 0 Å². The van der Waals surface area contributed by atoms with Gasteiger partial charge in [0, 0.05) is 14.1 Å². The Morgan fingerprint density at radius 2 is 1.80 bits per heavy atom. The van der Waals surface area contributed by atoms with Crippen LogP contribution in [0, 0.1) is 0 Å². The first-order valence-corrected chi connectivity index (χ1v) is 3.15. The van der Waals surface area contributed by atoms with E-state index in [9.17, 15) is 0 Å². The molecule has 0 saturated carbocycles. The van der Waals surface area contributed by atoms with Gasteiger partial charge in [-0.2, -0.15) is 0 Å². The number of hydrogen-bond acceptors (Lipinski definition) is 3. The van der Waals surface area contributed by atoms with E-state index in [1.54, 1.807) is 6.34 Å². The molecule has 0 heterocycles. The molecule has 0 saturated heterocycles. The van der Waals surface area contributed by atoms with Gasteiger partial charge in [-0.3, -0.25) is 10.6 Å². The molecular formula is C6H16N4. The molecule has 10 heavy (non-hydrogen) atoms. The number of nitrogens with two attached hydrogens (primary N) is 1. The van der Waals surface area contributed by atoms with Crippen LogP contribution in [0.4, 0.5) is 0 Å². The SMILES string of the molecule is CN(C)/C=N/C(N)N(C)C. The normalized spacial score (nSPS) is 14.6. The molecule has 0 aromatic carbocycles. The summed E-state index contributed by atoms with van der Waals surface area (Å²) in [5.74, 6) is 0. The van der Waals surface area contributed by atoms with Crippen molar-refractivity contribution in [2.45, 2.75) is 6.29 Å². The predicted molar refractivity (Wildman–Crippen MR) is 43.8 cm³/mol. The van der Waals surface area contributed by atoms with Gasteiger partial charge in [0.1, 0.15) is 0 Å². The summed E-state index contributed by atoms with van der Waals surface area (Å²) in [6.07, 6.45) is 1.47. The van der Waals surface area contributed by atoms with E-state index in [4.69, 9.17) is 5.73 Å². The van der Waals surface area contributed by atoms with Crippen LogP contribution in [-0.2, 0) is 0 Å². The van der Waals surface area contributed by atoms with Crippen LogP contribution >= 0.6 is 0 Å². The standard InChI is InChI=1S/C6H16N4/c1-9(2)5-8-6(7)10(3)4/h5-6H,7H2,1-4H3/b8-5+. The second-order valence-corrected chi connectivity index (χ2v) is 2.61. The van der Waals surface area contributed by atoms with Gasteiger partial charge in [-0.25, -0.2) is 4.99 Å². The van der Waals surface area contributed by atoms with Crippen LogP contribution in [0.25, 0.3) is 0 Å². The van der Waals surface area contributed by atoms with Gasteiger partial charge in [0.05, 0.1) is 6.34 Å². The van der Waals surface area contributed by atoms with Crippen molar-refractivity contribution in [3.63, 3.8) is 0 Å². The van der Waals surface area contributed by atoms with Gasteiger partial charge in [0.15, 0.2) is 6.29 Å². The number of aliphatic imine (C=N–C) groups is 1. The van der Waals surface area contributed by atoms with Crippen molar-refractivity contribution in [1.29, 1.82) is 0 Å². The minimum Gasteiger partial charge on any atom is -0.369 e. The maximum atomic E-state index is 5.57. The minimum absolute atomic E-state index is 0.234. The van der Waals surface area contributed by atoms with Crippen LogP contribution in [0.3, 0.4) is 0 Å². The average molecular weight is 144 g/mol. The van der Waals surface area contributed by atoms with Crippen molar-refractivity contribution in [3.05, 3.63) is 0 Å². The summed E-state index contributed by atoms with van der Waals surface area (Å²) in [5, 5.41) is 0. The summed E-state index contributed by atoms with van der Waals surface area (Å²) in [5.41, 5.74) is 5.57. The van der Waals surface area contributed by atoms with Crippen molar-refractivity contribution in [2.75, 3.05) is 28.2 Å². The lowest BCUT2D eigenvalue weighted by molar-refractivity contribution is 0.309. The minimum atomic E-state index is -0.234. The molecule has 0 spiro atoms. The lowest BCUT2D eigenvalue weighted by atomic mass is 10.7. The first-order valence-electron chi connectivity index (χ1n) is 3.15. The molecule has 60 valence electrons. The van der Waals surface area contributed by atoms with E-state index in [1.807, 2.05) is 38.0 Å². The molecule has 1 unspecified atom stereocenters. The van der Waals surface area contributed by atoms with E-state index in [1.165, 1.54) is 0 Å². The van der Waals surface area contributed by atoms with Gasteiger partial charge in [-0.1, -0.05) is 0 Å². The molecular weight excluding hydrogens is 128 g/mol. The summed E-state index contributed by atoms with van der Waals surface area (Å²) in [6.45, 7) is 0. The largest absolute Gasteiger partial charge is 0.369 e. The molecule has 0 bridgehead atoms. The molecule has 0 aromatic heterocycles. The third kappa shape index (κ3) is 4.29. The molecule has 4 nitrogen and oxygen atoms in total. The van der Waals surface area contributed by atoms with Crippen molar-refractivity contribution >= 4 is 6.34 Å². The van der Waals surface area contributed by atoms with Crippen molar-refractivity contribution in [1.82, 2.24) is 9.80 Å². The summed E-state index contributed by atoms with van der Waals surface area (Å²) in [4.78, 5) is 7.71. The van der Waals surface area contributed by atoms with Crippen LogP contribution < -0.4 is 5.73 Å². The van der Waals surface area contributed by atoms with Crippen LogP contribution in [0.2, 0.25) is 0 Å². The molecule has 0 aromatic rings. The molecule has 0 fully saturated rings. The Kier molecular flexibility index (Phi) is 3.99. The molecule has 0 aliphatic rings. The molecule has 0 radical (unpaired) electrons. The molecule has 0 amide bonds. The Bertz CT molecular complexity index is 108. The van der Waals surface area contributed by atoms with Gasteiger partial charge in [0.2, 0.25) is 0 Å². The van der Waals surface area contributed by atoms with Gasteiger partial charge >= 0.3 is 0 Å². The van der Waals surface area contributed by atoms with E-state index in [0.717, 1.165) is 0 Å². The Balaban J connectivity index is 3.66. The summed E-state index contributed by atoms with van der Waals surface area (Å²) < 4.78 is 0. The number of nitrogens with zero attached hydrogens (tertiary/aromatic N) is 3. The molecule has 0 aliphatic carbocycles. The lowest BCUT2D eigenvalue weighted by Crippen LogP contribution is -2.35. The fourth-order valence-electron chi connectivity index (χ4n) is 0.335. The smallest absolute Gasteiger partial charge is 0.154 e. The maximum Gasteiger partial charge on any atom is 0.154 e. The fourth-order valence-corrected chi connectivity index (χ4v) is 0.335. The van der Waals surface area contributed by atoms with Gasteiger partial charge in [0.25, 0.3) is 0 Å². The first-order chi connectivity index (χ1) is 4.54. The molecule has 0 aliphatic heterocycles. The molecule has 2 N–H and O–H groups in total. The Morgan fingerprint density at radius 1 is 1.30 bits per heavy atom. The molecule has 1 atom stereocenters. The molecule has 0 rings (SSSR count). The quantitative estimate of drug-likeness (QED) is 0.326. The van der Waals surface area contributed by atoms with E-state index in [0.29, 0.717) is 0 Å². The lowest BCUT2D eigenvalue weighted by Gasteiger charge is -2.15. The highest BCUT2D eigenvalue weighted by molar-refractivity contribution is 5.53. The third-order valence-corrected chi connectivity index (χ3v) is 0.979. The second kappa shape index (κ2) is 4.24. The first kappa shape index (κ1) is 9.39. The molecule has 4 heteroatoms. The van der Waals surface area contributed by atoms with Gasteiger partial charge in [-0.15, -0.1) is 0 Å². The van der Waals surface area contributed by atoms with Gasteiger partial charge in [-0.05, 0) is 14.1 Å². The monoisotopic (exact) mass is 144 g/mol. The van der Waals surface area contributed by atoms with Crippen LogP contribution in [0.1, 0.15) is 0 Å². The Labute approximate surface area is 62.3 Å². The Morgan fingerprint density at radius 3 is 2.10 bits per heavy atom. The summed E-state index contributed by atoms with van der Waals surface area (Å²) >= 11 is 0. The third-order valence-electron chi connectivity index (χ3n) is 0.979. The fraction of sp³-hybridized carbons (Fsp3) is 0.833. The zero-order valence-corrected chi connectivity index (χ0v) is 7.07. The average Bonchev–Trinajstić information content (AvgIpc) is 1.82. The topological polar surface area (TPSA) is 44.9 Å². The number of hydrogen-bond donors (Lipinski definition) is 1. The number of rotatable bonds is 3. The van der Waals surface area contributed by atoms with Crippen LogP contribution in [-0.4, -0.2) is 50.6 Å². The van der Waals surface area contributed by atoms with Crippen molar-refractivity contribution in [3.8, 4) is 0 Å². The summed E-state index contributed by atoms with van der Waals surface area (Å²) in [6, 6.07) is 0. The predicted octanol–water partition coefficient (Wildman–Crippen LogP) is -0.620. The van der Waals surface area contributed by atoms with Crippen molar-refractivity contribution in [2.24, 2.45) is 10.7 Å². The van der Waals surface area contributed by atoms with Crippen molar-refractivity contribution < 1.29 is 0 Å². The highest BCUT2D eigenvalue weighted by atomic mass is 15.3. The van der Waals surface area contributed by atoms with E-state index < -0.39 is 0 Å². The second-order valence-electron chi connectivity index (χ2n) is 2.61. The Hall–Kier alpha value is -0.610. The highest BCUT2D eigenvalue weighted by Gasteiger charge is 1.97. The van der Waals surface area contributed by atoms with Crippen LogP contribution in [0.15, 0.2) is 4.99 Å². The summed E-state index contributed by atoms with van der Waals surface area (Å²) in [7, 11) is 7.59. The zero-order chi connectivity index (χ0) is 8.15. The van der Waals surface area contributed by atoms with Gasteiger partial charge < -0.3 is 4.90 Å². The van der Waals surface area contributed by atoms with E-state index in [-0.39, 0.29) is 6.29 Å². The zero-order valence-electron chi connectivity index (χ0n) is 7.07. The van der Waals surface area contributed by atoms with Crippen LogP contribution in [0.5, 0.6) is 0 Å². The highest BCUT2D eigenvalue weighted by Crippen LogP contribution is 1.83. The van der Waals surface area contributed by atoms with E-state index in [2.05, 4.69) is 4.99 Å². The maximum absolute atomic E-state index is 5.57.